The normalized spacial score (nSPS) is 11.6. The van der Waals surface area contributed by atoms with Gasteiger partial charge in [0.15, 0.2) is 11.7 Å². The lowest BCUT2D eigenvalue weighted by Gasteiger charge is -2.06. The maximum absolute atomic E-state index is 5.90. The van der Waals surface area contributed by atoms with Crippen LogP contribution in [0.25, 0.3) is 11.6 Å². The van der Waals surface area contributed by atoms with E-state index >= 15 is 0 Å². The molecule has 0 aliphatic heterocycles. The molecule has 3 aromatic rings. The van der Waals surface area contributed by atoms with Crippen LogP contribution in [0, 0.1) is 0 Å². The van der Waals surface area contributed by atoms with Crippen molar-refractivity contribution in [3.63, 3.8) is 0 Å². The molecule has 7 nitrogen and oxygen atoms in total. The molecular formula is C17H20N6O. The summed E-state index contributed by atoms with van der Waals surface area (Å²) in [6.07, 6.45) is 3.22. The summed E-state index contributed by atoms with van der Waals surface area (Å²) in [6.45, 7) is 2.64. The lowest BCUT2D eigenvalue weighted by Crippen LogP contribution is -2.23. The lowest BCUT2D eigenvalue weighted by atomic mass is 10.1. The Hall–Kier alpha value is -3.09. The number of aliphatic imine (C=N–C) groups is 1. The molecule has 0 saturated heterocycles. The zero-order valence-electron chi connectivity index (χ0n) is 13.5. The van der Waals surface area contributed by atoms with Crippen LogP contribution >= 0.6 is 0 Å². The number of guanidine groups is 1. The van der Waals surface area contributed by atoms with Crippen LogP contribution in [0.4, 0.5) is 5.69 Å². The number of hydrogen-bond acceptors (Lipinski definition) is 4. The molecule has 4 N–H and O–H groups in total. The van der Waals surface area contributed by atoms with Crippen molar-refractivity contribution in [1.29, 1.82) is 0 Å². The summed E-state index contributed by atoms with van der Waals surface area (Å²) >= 11 is 0. The molecule has 24 heavy (non-hydrogen) atoms. The first-order valence-corrected chi connectivity index (χ1v) is 7.85. The molecule has 1 aromatic carbocycles. The van der Waals surface area contributed by atoms with E-state index in [0.29, 0.717) is 30.5 Å². The van der Waals surface area contributed by atoms with E-state index in [1.54, 1.807) is 12.3 Å². The Morgan fingerprint density at radius 1 is 1.29 bits per heavy atom. The highest BCUT2D eigenvalue weighted by atomic mass is 16.3. The molecule has 0 radical (unpaired) electrons. The smallest absolute Gasteiger partial charge is 0.216 e. The van der Waals surface area contributed by atoms with Gasteiger partial charge in [0.2, 0.25) is 5.82 Å². The van der Waals surface area contributed by atoms with Crippen molar-refractivity contribution in [3.8, 4) is 11.6 Å². The van der Waals surface area contributed by atoms with Crippen molar-refractivity contribution >= 4 is 11.6 Å². The Bertz CT molecular complexity index is 789. The van der Waals surface area contributed by atoms with Crippen LogP contribution in [0.15, 0.2) is 52.1 Å². The van der Waals surface area contributed by atoms with Gasteiger partial charge in [0, 0.05) is 18.7 Å². The fraction of sp³-hybridized carbons (Fsp3) is 0.235. The number of benzene rings is 1. The number of nitrogens with zero attached hydrogens (tertiary/aromatic N) is 3. The second-order valence-corrected chi connectivity index (χ2v) is 5.28. The summed E-state index contributed by atoms with van der Waals surface area (Å²) in [6, 6.07) is 11.7. The maximum Gasteiger partial charge on any atom is 0.216 e. The van der Waals surface area contributed by atoms with E-state index in [4.69, 9.17) is 10.2 Å². The number of nitrogens with one attached hydrogen (secondary N) is 2. The van der Waals surface area contributed by atoms with E-state index < -0.39 is 0 Å². The average Bonchev–Trinajstić information content (AvgIpc) is 3.27. The summed E-state index contributed by atoms with van der Waals surface area (Å²) in [5.41, 5.74) is 8.11. The zero-order valence-corrected chi connectivity index (χ0v) is 13.5. The molecule has 3 rings (SSSR count). The minimum Gasteiger partial charge on any atom is -0.461 e. The second-order valence-electron chi connectivity index (χ2n) is 5.28. The molecule has 2 aromatic heterocycles. The first-order valence-electron chi connectivity index (χ1n) is 7.85. The number of nitrogens with two attached hydrogens (primary N) is 1. The Morgan fingerprint density at radius 3 is 2.83 bits per heavy atom. The molecule has 0 bridgehead atoms. The largest absolute Gasteiger partial charge is 0.461 e. The topological polar surface area (TPSA) is 105 Å². The van der Waals surface area contributed by atoms with Crippen molar-refractivity contribution in [3.05, 3.63) is 54.0 Å². The quantitative estimate of drug-likeness (QED) is 0.477. The van der Waals surface area contributed by atoms with Crippen LogP contribution in [0.2, 0.25) is 0 Å². The third kappa shape index (κ3) is 4.01. The van der Waals surface area contributed by atoms with Crippen molar-refractivity contribution in [2.45, 2.75) is 19.8 Å². The first kappa shape index (κ1) is 15.8. The Morgan fingerprint density at radius 2 is 2.12 bits per heavy atom. The summed E-state index contributed by atoms with van der Waals surface area (Å²) in [5, 5.41) is 10.1. The third-order valence-electron chi connectivity index (χ3n) is 3.54. The number of anilines is 1. The molecular weight excluding hydrogens is 304 g/mol. The van der Waals surface area contributed by atoms with Crippen molar-refractivity contribution in [1.82, 2.24) is 15.2 Å². The van der Waals surface area contributed by atoms with E-state index in [9.17, 15) is 0 Å². The fourth-order valence-corrected chi connectivity index (χ4v) is 2.22. The summed E-state index contributed by atoms with van der Waals surface area (Å²) in [5.74, 6) is 2.30. The Balaban J connectivity index is 1.51. The minimum absolute atomic E-state index is 0.380. The fourth-order valence-electron chi connectivity index (χ4n) is 2.22. The SMILES string of the molecule is CCc1ccc(NC(N)=NCCc2nc(-c3ccco3)n[nH]2)cc1. The molecule has 0 fully saturated rings. The number of rotatable bonds is 6. The molecule has 2 heterocycles. The minimum atomic E-state index is 0.380. The van der Waals surface area contributed by atoms with Crippen LogP contribution in [-0.4, -0.2) is 27.7 Å². The van der Waals surface area contributed by atoms with E-state index in [2.05, 4.69) is 44.5 Å². The van der Waals surface area contributed by atoms with Crippen molar-refractivity contribution in [2.24, 2.45) is 10.7 Å². The van der Waals surface area contributed by atoms with Gasteiger partial charge in [0.1, 0.15) is 5.82 Å². The molecule has 0 unspecified atom stereocenters. The highest BCUT2D eigenvalue weighted by Crippen LogP contribution is 2.14. The number of H-pyrrole nitrogens is 1. The van der Waals surface area contributed by atoms with Crippen LogP contribution in [0.5, 0.6) is 0 Å². The highest BCUT2D eigenvalue weighted by molar-refractivity contribution is 5.92. The second kappa shape index (κ2) is 7.45. The van der Waals surface area contributed by atoms with E-state index in [-0.39, 0.29) is 0 Å². The highest BCUT2D eigenvalue weighted by Gasteiger charge is 2.07. The van der Waals surface area contributed by atoms with E-state index in [1.807, 2.05) is 18.2 Å². The number of furan rings is 1. The average molecular weight is 324 g/mol. The molecule has 0 spiro atoms. The van der Waals surface area contributed by atoms with Gasteiger partial charge in [-0.05, 0) is 36.2 Å². The van der Waals surface area contributed by atoms with Gasteiger partial charge < -0.3 is 15.5 Å². The summed E-state index contributed by atoms with van der Waals surface area (Å²) in [7, 11) is 0. The number of hydrogen-bond donors (Lipinski definition) is 3. The third-order valence-corrected chi connectivity index (χ3v) is 3.54. The van der Waals surface area contributed by atoms with Gasteiger partial charge in [0.25, 0.3) is 0 Å². The summed E-state index contributed by atoms with van der Waals surface area (Å²) < 4.78 is 5.26. The molecule has 0 amide bonds. The molecule has 0 saturated carbocycles. The van der Waals surface area contributed by atoms with Crippen LogP contribution in [0.3, 0.4) is 0 Å². The predicted molar refractivity (Wildman–Crippen MR) is 93.7 cm³/mol. The van der Waals surface area contributed by atoms with E-state index in [1.165, 1.54) is 5.56 Å². The van der Waals surface area contributed by atoms with Gasteiger partial charge in [0.05, 0.1) is 6.26 Å². The van der Waals surface area contributed by atoms with Crippen molar-refractivity contribution in [2.75, 3.05) is 11.9 Å². The van der Waals surface area contributed by atoms with Gasteiger partial charge in [-0.15, -0.1) is 0 Å². The molecule has 0 atom stereocenters. The molecule has 0 aliphatic rings. The number of aromatic nitrogens is 3. The zero-order chi connectivity index (χ0) is 16.8. The summed E-state index contributed by atoms with van der Waals surface area (Å²) in [4.78, 5) is 8.66. The van der Waals surface area contributed by atoms with Gasteiger partial charge in [-0.25, -0.2) is 4.98 Å². The molecule has 0 aliphatic carbocycles. The van der Waals surface area contributed by atoms with Gasteiger partial charge in [-0.1, -0.05) is 19.1 Å². The standard InChI is InChI=1S/C17H20N6O/c1-2-12-5-7-13(8-6-12)20-17(18)19-10-9-15-21-16(23-22-15)14-4-3-11-24-14/h3-8,11H,2,9-10H2,1H3,(H3,18,19,20)(H,21,22,23). The van der Waals surface area contributed by atoms with Crippen molar-refractivity contribution < 1.29 is 4.42 Å². The number of aryl methyl sites for hydroxylation is 1. The number of aromatic amines is 1. The van der Waals surface area contributed by atoms with Gasteiger partial charge >= 0.3 is 0 Å². The molecule has 124 valence electrons. The predicted octanol–water partition coefficient (Wildman–Crippen LogP) is 2.60. The monoisotopic (exact) mass is 324 g/mol. The Labute approximate surface area is 140 Å². The van der Waals surface area contributed by atoms with Crippen LogP contribution in [-0.2, 0) is 12.8 Å². The van der Waals surface area contributed by atoms with Gasteiger partial charge in [-0.3, -0.25) is 10.1 Å². The van der Waals surface area contributed by atoms with E-state index in [0.717, 1.165) is 17.9 Å². The molecule has 7 heteroatoms. The van der Waals surface area contributed by atoms with Crippen LogP contribution in [0.1, 0.15) is 18.3 Å². The maximum atomic E-state index is 5.90. The van der Waals surface area contributed by atoms with Gasteiger partial charge in [-0.2, -0.15) is 5.10 Å². The first-order chi connectivity index (χ1) is 11.7. The lowest BCUT2D eigenvalue weighted by molar-refractivity contribution is 0.577. The Kier molecular flexibility index (Phi) is 4.90. The van der Waals surface area contributed by atoms with Crippen LogP contribution < -0.4 is 11.1 Å².